The third kappa shape index (κ3) is 10.3. The zero-order valence-electron chi connectivity index (χ0n) is 10.9. The summed E-state index contributed by atoms with van der Waals surface area (Å²) >= 11 is 0. The maximum Gasteiger partial charge on any atom is 0.334 e. The molecule has 0 rings (SSSR count). The largest absolute Gasteiger partial charge is 0.467 e. The van der Waals surface area contributed by atoms with Crippen LogP contribution in [0.3, 0.4) is 0 Å². The highest BCUT2D eigenvalue weighted by molar-refractivity contribution is 5.74. The minimum absolute atomic E-state index is 0.297. The summed E-state index contributed by atoms with van der Waals surface area (Å²) in [7, 11) is 1.29. The van der Waals surface area contributed by atoms with E-state index < -0.39 is 12.1 Å². The molecule has 0 aliphatic carbocycles. The number of aliphatic hydroxyl groups is 2. The summed E-state index contributed by atoms with van der Waals surface area (Å²) in [6, 6.07) is 0. The van der Waals surface area contributed by atoms with Crippen LogP contribution in [0.25, 0.3) is 0 Å². The minimum Gasteiger partial charge on any atom is -0.467 e. The Morgan fingerprint density at radius 3 is 1.94 bits per heavy atom. The summed E-state index contributed by atoms with van der Waals surface area (Å²) < 4.78 is 4.44. The van der Waals surface area contributed by atoms with Crippen LogP contribution in [0, 0.1) is 0 Å². The lowest BCUT2D eigenvalue weighted by Gasteiger charge is -2.07. The molecule has 0 radical (unpaired) electrons. The Hall–Kier alpha value is -0.610. The fourth-order valence-electron chi connectivity index (χ4n) is 1.76. The van der Waals surface area contributed by atoms with Gasteiger partial charge in [0.1, 0.15) is 0 Å². The van der Waals surface area contributed by atoms with Gasteiger partial charge in [-0.1, -0.05) is 44.9 Å². The van der Waals surface area contributed by atoms with Crippen LogP contribution in [0.15, 0.2) is 0 Å². The smallest absolute Gasteiger partial charge is 0.334 e. The standard InChI is InChI=1S/C13H26O4/c1-17-13(16)12(15)10-8-6-4-2-3-5-7-9-11-14/h12,14-15H,2-11H2,1H3. The van der Waals surface area contributed by atoms with Crippen LogP contribution in [0.2, 0.25) is 0 Å². The number of unbranched alkanes of at least 4 members (excludes halogenated alkanes) is 7. The van der Waals surface area contributed by atoms with Crippen LogP contribution in [-0.2, 0) is 9.53 Å². The minimum atomic E-state index is -0.954. The fraction of sp³-hybridized carbons (Fsp3) is 0.923. The molecule has 0 spiro atoms. The van der Waals surface area contributed by atoms with Gasteiger partial charge < -0.3 is 14.9 Å². The molecule has 0 aliphatic rings. The van der Waals surface area contributed by atoms with Crippen LogP contribution in [0.1, 0.15) is 57.8 Å². The molecule has 1 atom stereocenters. The van der Waals surface area contributed by atoms with Crippen LogP contribution >= 0.6 is 0 Å². The first-order valence-corrected chi connectivity index (χ1v) is 6.59. The summed E-state index contributed by atoms with van der Waals surface area (Å²) in [5.74, 6) is -0.533. The molecule has 0 bridgehead atoms. The Labute approximate surface area is 104 Å². The van der Waals surface area contributed by atoms with Gasteiger partial charge in [0.2, 0.25) is 0 Å². The van der Waals surface area contributed by atoms with Gasteiger partial charge in [-0.2, -0.15) is 0 Å². The predicted molar refractivity (Wildman–Crippen MR) is 66.7 cm³/mol. The van der Waals surface area contributed by atoms with E-state index in [0.717, 1.165) is 32.1 Å². The van der Waals surface area contributed by atoms with Gasteiger partial charge >= 0.3 is 5.97 Å². The summed E-state index contributed by atoms with van der Waals surface area (Å²) in [4.78, 5) is 10.9. The van der Waals surface area contributed by atoms with E-state index in [9.17, 15) is 9.90 Å². The lowest BCUT2D eigenvalue weighted by atomic mass is 10.1. The maximum atomic E-state index is 10.9. The van der Waals surface area contributed by atoms with E-state index >= 15 is 0 Å². The fourth-order valence-corrected chi connectivity index (χ4v) is 1.76. The quantitative estimate of drug-likeness (QED) is 0.432. The molecule has 17 heavy (non-hydrogen) atoms. The molecule has 0 aliphatic heterocycles. The average molecular weight is 246 g/mol. The number of ether oxygens (including phenoxy) is 1. The van der Waals surface area contributed by atoms with Crippen molar-refractivity contribution in [3.63, 3.8) is 0 Å². The number of methoxy groups -OCH3 is 1. The van der Waals surface area contributed by atoms with Crippen molar-refractivity contribution in [3.05, 3.63) is 0 Å². The molecule has 0 aromatic carbocycles. The first kappa shape index (κ1) is 16.4. The molecule has 0 amide bonds. The molecule has 0 aromatic heterocycles. The van der Waals surface area contributed by atoms with Crippen molar-refractivity contribution in [1.82, 2.24) is 0 Å². The molecule has 4 heteroatoms. The van der Waals surface area contributed by atoms with E-state index in [2.05, 4.69) is 4.74 Å². The molecule has 0 aromatic rings. The lowest BCUT2D eigenvalue weighted by Crippen LogP contribution is -2.21. The molecule has 4 nitrogen and oxygen atoms in total. The molecular formula is C13H26O4. The van der Waals surface area contributed by atoms with Crippen molar-refractivity contribution in [2.24, 2.45) is 0 Å². The highest BCUT2D eigenvalue weighted by Crippen LogP contribution is 2.10. The number of rotatable bonds is 11. The number of carbonyl (C=O) groups is 1. The van der Waals surface area contributed by atoms with Gasteiger partial charge in [0, 0.05) is 6.61 Å². The van der Waals surface area contributed by atoms with E-state index in [1.165, 1.54) is 26.4 Å². The molecule has 0 saturated carbocycles. The second kappa shape index (κ2) is 11.9. The summed E-state index contributed by atoms with van der Waals surface area (Å²) in [6.07, 6.45) is 8.21. The van der Waals surface area contributed by atoms with Crippen molar-refractivity contribution >= 4 is 5.97 Å². The Morgan fingerprint density at radius 2 is 1.47 bits per heavy atom. The maximum absolute atomic E-state index is 10.9. The van der Waals surface area contributed by atoms with Crippen LogP contribution in [0.5, 0.6) is 0 Å². The van der Waals surface area contributed by atoms with E-state index in [4.69, 9.17) is 5.11 Å². The predicted octanol–water partition coefficient (Wildman–Crippen LogP) is 2.02. The van der Waals surface area contributed by atoms with Crippen LogP contribution in [-0.4, -0.2) is 36.0 Å². The van der Waals surface area contributed by atoms with Gasteiger partial charge in [-0.15, -0.1) is 0 Å². The van der Waals surface area contributed by atoms with Crippen molar-refractivity contribution in [2.75, 3.05) is 13.7 Å². The first-order valence-electron chi connectivity index (χ1n) is 6.59. The highest BCUT2D eigenvalue weighted by Gasteiger charge is 2.13. The Balaban J connectivity index is 3.15. The number of hydrogen-bond donors (Lipinski definition) is 2. The van der Waals surface area contributed by atoms with E-state index in [1.807, 2.05) is 0 Å². The van der Waals surface area contributed by atoms with Gasteiger partial charge in [-0.05, 0) is 12.8 Å². The van der Waals surface area contributed by atoms with Gasteiger partial charge in [0.25, 0.3) is 0 Å². The van der Waals surface area contributed by atoms with Gasteiger partial charge in [-0.25, -0.2) is 4.79 Å². The Bertz CT molecular complexity index is 182. The number of carbonyl (C=O) groups excluding carboxylic acids is 1. The third-order valence-corrected chi connectivity index (χ3v) is 2.86. The first-order chi connectivity index (χ1) is 8.22. The van der Waals surface area contributed by atoms with Gasteiger partial charge in [-0.3, -0.25) is 0 Å². The van der Waals surface area contributed by atoms with Crippen LogP contribution < -0.4 is 0 Å². The topological polar surface area (TPSA) is 66.8 Å². The number of hydrogen-bond acceptors (Lipinski definition) is 4. The highest BCUT2D eigenvalue weighted by atomic mass is 16.5. The summed E-state index contributed by atoms with van der Waals surface area (Å²) in [5, 5.41) is 17.9. The zero-order chi connectivity index (χ0) is 12.9. The van der Waals surface area contributed by atoms with Crippen molar-refractivity contribution < 1.29 is 19.7 Å². The van der Waals surface area contributed by atoms with Crippen molar-refractivity contribution in [2.45, 2.75) is 63.9 Å². The monoisotopic (exact) mass is 246 g/mol. The van der Waals surface area contributed by atoms with Gasteiger partial charge in [0.05, 0.1) is 7.11 Å². The average Bonchev–Trinajstić information content (AvgIpc) is 2.35. The summed E-state index contributed by atoms with van der Waals surface area (Å²) in [5.41, 5.74) is 0. The number of esters is 1. The molecule has 102 valence electrons. The summed E-state index contributed by atoms with van der Waals surface area (Å²) in [6.45, 7) is 0.297. The Kier molecular flexibility index (Phi) is 11.4. The second-order valence-electron chi connectivity index (χ2n) is 4.38. The molecular weight excluding hydrogens is 220 g/mol. The van der Waals surface area contributed by atoms with E-state index in [1.54, 1.807) is 0 Å². The molecule has 0 fully saturated rings. The third-order valence-electron chi connectivity index (χ3n) is 2.86. The molecule has 0 saturated heterocycles. The Morgan fingerprint density at radius 1 is 1.00 bits per heavy atom. The molecule has 1 unspecified atom stereocenters. The van der Waals surface area contributed by atoms with Crippen LogP contribution in [0.4, 0.5) is 0 Å². The second-order valence-corrected chi connectivity index (χ2v) is 4.38. The number of aliphatic hydroxyl groups excluding tert-OH is 2. The van der Waals surface area contributed by atoms with E-state index in [0.29, 0.717) is 13.0 Å². The van der Waals surface area contributed by atoms with E-state index in [-0.39, 0.29) is 0 Å². The normalized spacial score (nSPS) is 12.4. The SMILES string of the molecule is COC(=O)C(O)CCCCCCCCCCO. The molecule has 2 N–H and O–H groups in total. The van der Waals surface area contributed by atoms with Crippen molar-refractivity contribution in [1.29, 1.82) is 0 Å². The molecule has 0 heterocycles. The van der Waals surface area contributed by atoms with Gasteiger partial charge in [0.15, 0.2) is 6.10 Å². The lowest BCUT2D eigenvalue weighted by molar-refractivity contribution is -0.150. The zero-order valence-corrected chi connectivity index (χ0v) is 10.9. The van der Waals surface area contributed by atoms with Crippen molar-refractivity contribution in [3.8, 4) is 0 Å².